The zero-order valence-corrected chi connectivity index (χ0v) is 16.5. The fraction of sp³-hybridized carbons (Fsp3) is 0.150. The molecule has 6 nitrogen and oxygen atoms in total. The molecule has 0 aliphatic carbocycles. The van der Waals surface area contributed by atoms with Gasteiger partial charge in [-0.1, -0.05) is 35.3 Å². The molecule has 0 aliphatic rings. The Morgan fingerprint density at radius 3 is 2.50 bits per heavy atom. The molecule has 0 radical (unpaired) electrons. The highest BCUT2D eigenvalue weighted by Crippen LogP contribution is 2.26. The smallest absolute Gasteiger partial charge is 0.266 e. The van der Waals surface area contributed by atoms with Gasteiger partial charge in [0.05, 0.1) is 10.7 Å². The maximum absolute atomic E-state index is 12.3. The van der Waals surface area contributed by atoms with Crippen molar-refractivity contribution in [3.05, 3.63) is 63.6 Å². The number of hydrogen-bond donors (Lipinski definition) is 2. The summed E-state index contributed by atoms with van der Waals surface area (Å²) in [4.78, 5) is 23.7. The monoisotopic (exact) mass is 417 g/mol. The van der Waals surface area contributed by atoms with E-state index in [0.717, 1.165) is 0 Å². The summed E-state index contributed by atoms with van der Waals surface area (Å²) < 4.78 is 5.35. The lowest BCUT2D eigenvalue weighted by atomic mass is 10.1. The standard InChI is InChI=1S/C20H17Cl2N3O3/c1-2-24-19(26)12-28-16-6-3-13(4-7-16)9-14(11-23)20(27)25-18-8-5-15(21)10-17(18)22/h3-10H,2,12H2,1H3,(H,24,26)(H,25,27)/b14-9+. The van der Waals surface area contributed by atoms with Crippen LogP contribution in [0, 0.1) is 11.3 Å². The molecular formula is C20H17Cl2N3O3. The summed E-state index contributed by atoms with van der Waals surface area (Å²) in [5.74, 6) is -0.307. The summed E-state index contributed by atoms with van der Waals surface area (Å²) in [6, 6.07) is 13.1. The predicted molar refractivity (Wildman–Crippen MR) is 109 cm³/mol. The molecule has 0 aliphatic heterocycles. The number of rotatable bonds is 7. The van der Waals surface area contributed by atoms with Gasteiger partial charge < -0.3 is 15.4 Å². The number of nitrogens with zero attached hydrogens (tertiary/aromatic N) is 1. The number of benzene rings is 2. The lowest BCUT2D eigenvalue weighted by Crippen LogP contribution is -2.28. The van der Waals surface area contributed by atoms with E-state index in [4.69, 9.17) is 27.9 Å². The minimum atomic E-state index is -0.594. The van der Waals surface area contributed by atoms with E-state index in [0.29, 0.717) is 28.6 Å². The van der Waals surface area contributed by atoms with Crippen molar-refractivity contribution < 1.29 is 14.3 Å². The van der Waals surface area contributed by atoms with Gasteiger partial charge in [0, 0.05) is 11.6 Å². The maximum atomic E-state index is 12.3. The number of anilines is 1. The second kappa shape index (κ2) is 10.4. The van der Waals surface area contributed by atoms with Gasteiger partial charge in [-0.15, -0.1) is 0 Å². The van der Waals surface area contributed by atoms with Gasteiger partial charge in [0.2, 0.25) is 0 Å². The Bertz CT molecular complexity index is 935. The summed E-state index contributed by atoms with van der Waals surface area (Å²) in [5, 5.41) is 15.2. The first kappa shape index (κ1) is 21.3. The number of carbonyl (C=O) groups excluding carboxylic acids is 2. The molecule has 2 aromatic carbocycles. The molecule has 0 atom stereocenters. The second-order valence-corrected chi connectivity index (χ2v) is 6.40. The first-order valence-electron chi connectivity index (χ1n) is 8.30. The van der Waals surface area contributed by atoms with Crippen LogP contribution in [0.4, 0.5) is 5.69 Å². The molecule has 0 fully saturated rings. The van der Waals surface area contributed by atoms with E-state index in [2.05, 4.69) is 10.6 Å². The third kappa shape index (κ3) is 6.31. The van der Waals surface area contributed by atoms with E-state index in [1.165, 1.54) is 12.1 Å². The molecule has 0 heterocycles. The van der Waals surface area contributed by atoms with E-state index in [1.54, 1.807) is 36.4 Å². The average molecular weight is 418 g/mol. The van der Waals surface area contributed by atoms with Crippen LogP contribution in [0.25, 0.3) is 6.08 Å². The average Bonchev–Trinajstić information content (AvgIpc) is 2.67. The van der Waals surface area contributed by atoms with Crippen LogP contribution in [0.2, 0.25) is 10.0 Å². The van der Waals surface area contributed by atoms with E-state index in [9.17, 15) is 14.9 Å². The highest BCUT2D eigenvalue weighted by atomic mass is 35.5. The molecule has 2 rings (SSSR count). The lowest BCUT2D eigenvalue weighted by molar-refractivity contribution is -0.123. The molecule has 2 aromatic rings. The van der Waals surface area contributed by atoms with Crippen LogP contribution in [0.5, 0.6) is 5.75 Å². The van der Waals surface area contributed by atoms with Crippen LogP contribution >= 0.6 is 23.2 Å². The van der Waals surface area contributed by atoms with Crippen molar-refractivity contribution in [1.29, 1.82) is 5.26 Å². The van der Waals surface area contributed by atoms with E-state index >= 15 is 0 Å². The minimum Gasteiger partial charge on any atom is -0.484 e. The molecule has 0 aromatic heterocycles. The van der Waals surface area contributed by atoms with E-state index in [-0.39, 0.29) is 23.1 Å². The van der Waals surface area contributed by atoms with Gasteiger partial charge >= 0.3 is 0 Å². The van der Waals surface area contributed by atoms with Gasteiger partial charge in [-0.25, -0.2) is 0 Å². The fourth-order valence-electron chi connectivity index (χ4n) is 2.15. The van der Waals surface area contributed by atoms with Crippen molar-refractivity contribution in [2.75, 3.05) is 18.5 Å². The van der Waals surface area contributed by atoms with Crippen LogP contribution in [0.15, 0.2) is 48.0 Å². The molecule has 0 saturated carbocycles. The third-order valence-corrected chi connectivity index (χ3v) is 4.03. The molecule has 0 saturated heterocycles. The highest BCUT2D eigenvalue weighted by molar-refractivity contribution is 6.36. The number of nitriles is 1. The number of ether oxygens (including phenoxy) is 1. The van der Waals surface area contributed by atoms with Crippen LogP contribution in [-0.4, -0.2) is 25.0 Å². The molecule has 2 amide bonds. The molecule has 144 valence electrons. The molecule has 28 heavy (non-hydrogen) atoms. The summed E-state index contributed by atoms with van der Waals surface area (Å²) in [5.41, 5.74) is 0.882. The van der Waals surface area contributed by atoms with Crippen molar-refractivity contribution in [1.82, 2.24) is 5.32 Å². The molecule has 8 heteroatoms. The van der Waals surface area contributed by atoms with Crippen molar-refractivity contribution in [3.63, 3.8) is 0 Å². The Morgan fingerprint density at radius 2 is 1.89 bits per heavy atom. The molecule has 0 spiro atoms. The Morgan fingerprint density at radius 1 is 1.18 bits per heavy atom. The first-order valence-corrected chi connectivity index (χ1v) is 9.06. The summed E-state index contributed by atoms with van der Waals surface area (Å²) >= 11 is 11.9. The molecule has 2 N–H and O–H groups in total. The Kier molecular flexibility index (Phi) is 7.88. The van der Waals surface area contributed by atoms with Gasteiger partial charge in [0.25, 0.3) is 11.8 Å². The van der Waals surface area contributed by atoms with Gasteiger partial charge in [-0.3, -0.25) is 9.59 Å². The third-order valence-electron chi connectivity index (χ3n) is 3.48. The SMILES string of the molecule is CCNC(=O)COc1ccc(/C=C(\C#N)C(=O)Nc2ccc(Cl)cc2Cl)cc1. The largest absolute Gasteiger partial charge is 0.484 e. The number of carbonyl (C=O) groups is 2. The van der Waals surface area contributed by atoms with Gasteiger partial charge in [0.15, 0.2) is 6.61 Å². The number of amides is 2. The number of likely N-dealkylation sites (N-methyl/N-ethyl adjacent to an activating group) is 1. The Hall–Kier alpha value is -3.01. The normalized spacial score (nSPS) is 10.7. The minimum absolute atomic E-state index is 0.0866. The van der Waals surface area contributed by atoms with E-state index < -0.39 is 5.91 Å². The van der Waals surface area contributed by atoms with Gasteiger partial charge in [-0.2, -0.15) is 5.26 Å². The van der Waals surface area contributed by atoms with Crippen LogP contribution in [-0.2, 0) is 9.59 Å². The number of nitrogens with one attached hydrogen (secondary N) is 2. The molecular weight excluding hydrogens is 401 g/mol. The van der Waals surface area contributed by atoms with Crippen molar-refractivity contribution >= 4 is 46.8 Å². The predicted octanol–water partition coefficient (Wildman–Crippen LogP) is 4.05. The zero-order chi connectivity index (χ0) is 20.5. The number of hydrogen-bond acceptors (Lipinski definition) is 4. The lowest BCUT2D eigenvalue weighted by Gasteiger charge is -2.07. The maximum Gasteiger partial charge on any atom is 0.266 e. The first-order chi connectivity index (χ1) is 13.4. The van der Waals surface area contributed by atoms with Crippen molar-refractivity contribution in [2.45, 2.75) is 6.92 Å². The quantitative estimate of drug-likeness (QED) is 0.524. The Labute approximate surface area is 172 Å². The van der Waals surface area contributed by atoms with Crippen molar-refractivity contribution in [3.8, 4) is 11.8 Å². The zero-order valence-electron chi connectivity index (χ0n) is 15.0. The number of halogens is 2. The molecule has 0 bridgehead atoms. The van der Waals surface area contributed by atoms with Crippen molar-refractivity contribution in [2.24, 2.45) is 0 Å². The van der Waals surface area contributed by atoms with E-state index in [1.807, 2.05) is 13.0 Å². The summed E-state index contributed by atoms with van der Waals surface area (Å²) in [6.07, 6.45) is 1.44. The fourth-order valence-corrected chi connectivity index (χ4v) is 2.61. The van der Waals surface area contributed by atoms with Crippen LogP contribution in [0.1, 0.15) is 12.5 Å². The highest BCUT2D eigenvalue weighted by Gasteiger charge is 2.12. The topological polar surface area (TPSA) is 91.2 Å². The second-order valence-electron chi connectivity index (χ2n) is 5.56. The van der Waals surface area contributed by atoms with Crippen LogP contribution in [0.3, 0.4) is 0 Å². The Balaban J connectivity index is 2.05. The van der Waals surface area contributed by atoms with Crippen LogP contribution < -0.4 is 15.4 Å². The van der Waals surface area contributed by atoms with Gasteiger partial charge in [-0.05, 0) is 48.9 Å². The summed E-state index contributed by atoms with van der Waals surface area (Å²) in [6.45, 7) is 2.27. The molecule has 0 unspecified atom stereocenters. The summed E-state index contributed by atoms with van der Waals surface area (Å²) in [7, 11) is 0. The van der Waals surface area contributed by atoms with Gasteiger partial charge in [0.1, 0.15) is 17.4 Å².